The third-order valence-electron chi connectivity index (χ3n) is 2.81. The summed E-state index contributed by atoms with van der Waals surface area (Å²) in [5, 5.41) is 0. The highest BCUT2D eigenvalue weighted by Gasteiger charge is 2.27. The number of methoxy groups -OCH3 is 1. The molecule has 2 nitrogen and oxygen atoms in total. The van der Waals surface area contributed by atoms with Crippen molar-refractivity contribution >= 4 is 5.78 Å². The van der Waals surface area contributed by atoms with Crippen LogP contribution in [-0.4, -0.2) is 19.5 Å². The topological polar surface area (TPSA) is 26.3 Å². The summed E-state index contributed by atoms with van der Waals surface area (Å²) >= 11 is 0. The summed E-state index contributed by atoms with van der Waals surface area (Å²) in [6.07, 6.45) is 4.71. The molecule has 2 unspecified atom stereocenters. The predicted octanol–water partition coefficient (Wildman–Crippen LogP) is 2.03. The second kappa shape index (κ2) is 4.61. The van der Waals surface area contributed by atoms with Gasteiger partial charge in [-0.15, -0.1) is 0 Å². The minimum atomic E-state index is 0.277. The van der Waals surface area contributed by atoms with Crippen LogP contribution in [0.2, 0.25) is 0 Å². The maximum atomic E-state index is 11.2. The van der Waals surface area contributed by atoms with Gasteiger partial charge in [0.15, 0.2) is 0 Å². The Hall–Kier alpha value is -0.370. The molecule has 1 fully saturated rings. The average molecular weight is 170 g/mol. The molecule has 1 aliphatic carbocycles. The maximum absolute atomic E-state index is 11.2. The second-order valence-corrected chi connectivity index (χ2v) is 3.72. The summed E-state index contributed by atoms with van der Waals surface area (Å²) < 4.78 is 5.11. The van der Waals surface area contributed by atoms with Crippen molar-refractivity contribution in [3.8, 4) is 0 Å². The van der Waals surface area contributed by atoms with Gasteiger partial charge in [0.1, 0.15) is 5.78 Å². The van der Waals surface area contributed by atoms with Crippen molar-refractivity contribution in [2.75, 3.05) is 13.7 Å². The van der Waals surface area contributed by atoms with Gasteiger partial charge < -0.3 is 4.74 Å². The van der Waals surface area contributed by atoms with E-state index in [4.69, 9.17) is 4.74 Å². The largest absolute Gasteiger partial charge is 0.384 e. The molecule has 0 heterocycles. The summed E-state index contributed by atoms with van der Waals surface area (Å²) in [6.45, 7) is 2.46. The number of ketones is 1. The van der Waals surface area contributed by atoms with Crippen molar-refractivity contribution in [2.24, 2.45) is 11.8 Å². The molecule has 0 spiro atoms. The predicted molar refractivity (Wildman–Crippen MR) is 48.0 cm³/mol. The number of Topliss-reactive ketones (excluding diaryl/α,β-unsaturated/α-hetero) is 1. The first-order valence-electron chi connectivity index (χ1n) is 4.75. The molecule has 1 rings (SSSR count). The van der Waals surface area contributed by atoms with Crippen molar-refractivity contribution in [3.63, 3.8) is 0 Å². The lowest BCUT2D eigenvalue weighted by atomic mass is 9.78. The first kappa shape index (κ1) is 9.72. The fourth-order valence-corrected chi connectivity index (χ4v) is 2.16. The van der Waals surface area contributed by atoms with Crippen LogP contribution in [0, 0.1) is 11.8 Å². The maximum Gasteiger partial charge on any atom is 0.133 e. The Morgan fingerprint density at radius 1 is 1.42 bits per heavy atom. The highest BCUT2D eigenvalue weighted by atomic mass is 16.5. The summed E-state index contributed by atoms with van der Waals surface area (Å²) in [5.74, 6) is 1.11. The molecule has 2 atom stereocenters. The normalized spacial score (nSPS) is 30.2. The van der Waals surface area contributed by atoms with Crippen molar-refractivity contribution in [1.82, 2.24) is 0 Å². The van der Waals surface area contributed by atoms with Crippen LogP contribution in [0.15, 0.2) is 0 Å². The fraction of sp³-hybridized carbons (Fsp3) is 0.900. The Bertz CT molecular complexity index is 152. The van der Waals surface area contributed by atoms with E-state index in [0.717, 1.165) is 19.4 Å². The Morgan fingerprint density at radius 3 is 2.67 bits per heavy atom. The molecule has 0 aromatic rings. The molecule has 2 heteroatoms. The third kappa shape index (κ3) is 2.31. The Kier molecular flexibility index (Phi) is 3.73. The van der Waals surface area contributed by atoms with Gasteiger partial charge in [0.05, 0.1) is 0 Å². The quantitative estimate of drug-likeness (QED) is 0.647. The first-order valence-corrected chi connectivity index (χ1v) is 4.75. The summed E-state index contributed by atoms with van der Waals surface area (Å²) in [5.41, 5.74) is 0. The summed E-state index contributed by atoms with van der Waals surface area (Å²) in [6, 6.07) is 0. The van der Waals surface area contributed by atoms with E-state index in [1.165, 1.54) is 12.8 Å². The third-order valence-corrected chi connectivity index (χ3v) is 2.81. The van der Waals surface area contributed by atoms with Gasteiger partial charge in [-0.25, -0.2) is 0 Å². The number of carbonyl (C=O) groups excluding carboxylic acids is 1. The van der Waals surface area contributed by atoms with Crippen LogP contribution in [0.25, 0.3) is 0 Å². The van der Waals surface area contributed by atoms with Crippen molar-refractivity contribution < 1.29 is 9.53 Å². The van der Waals surface area contributed by atoms with Gasteiger partial charge in [0.2, 0.25) is 0 Å². The highest BCUT2D eigenvalue weighted by Crippen LogP contribution is 2.30. The summed E-state index contributed by atoms with van der Waals surface area (Å²) in [4.78, 5) is 11.2. The van der Waals surface area contributed by atoms with Gasteiger partial charge in [-0.2, -0.15) is 0 Å². The monoisotopic (exact) mass is 170 g/mol. The lowest BCUT2D eigenvalue weighted by Gasteiger charge is -2.28. The van der Waals surface area contributed by atoms with Gasteiger partial charge in [0.25, 0.3) is 0 Å². The lowest BCUT2D eigenvalue weighted by molar-refractivity contribution is -0.124. The standard InChI is InChI=1S/C10H18O2/c1-8(11)10-6-4-3-5-9(10)7-12-2/h9-10H,3-7H2,1-2H3. The number of ether oxygens (including phenoxy) is 1. The lowest BCUT2D eigenvalue weighted by Crippen LogP contribution is -2.28. The minimum absolute atomic E-state index is 0.277. The molecule has 0 N–H and O–H groups in total. The molecule has 0 aromatic heterocycles. The van der Waals surface area contributed by atoms with Gasteiger partial charge >= 0.3 is 0 Å². The molecular formula is C10H18O2. The van der Waals surface area contributed by atoms with Crippen molar-refractivity contribution in [1.29, 1.82) is 0 Å². The van der Waals surface area contributed by atoms with Crippen LogP contribution >= 0.6 is 0 Å². The molecule has 12 heavy (non-hydrogen) atoms. The molecule has 0 radical (unpaired) electrons. The van der Waals surface area contributed by atoms with Gasteiger partial charge in [-0.05, 0) is 25.7 Å². The fourth-order valence-electron chi connectivity index (χ4n) is 2.16. The molecule has 0 bridgehead atoms. The Morgan fingerprint density at radius 2 is 2.08 bits per heavy atom. The smallest absolute Gasteiger partial charge is 0.133 e. The first-order chi connectivity index (χ1) is 5.75. The minimum Gasteiger partial charge on any atom is -0.384 e. The summed E-state index contributed by atoms with van der Waals surface area (Å²) in [7, 11) is 1.71. The molecule has 0 saturated heterocycles. The van der Waals surface area contributed by atoms with E-state index in [1.807, 2.05) is 0 Å². The Labute approximate surface area is 74.3 Å². The molecule has 1 aliphatic rings. The number of hydrogen-bond acceptors (Lipinski definition) is 2. The molecule has 0 aliphatic heterocycles. The molecular weight excluding hydrogens is 152 g/mol. The van der Waals surface area contributed by atoms with E-state index in [-0.39, 0.29) is 5.92 Å². The molecule has 1 saturated carbocycles. The molecule has 0 aromatic carbocycles. The van der Waals surface area contributed by atoms with Gasteiger partial charge in [0, 0.05) is 19.6 Å². The zero-order valence-corrected chi connectivity index (χ0v) is 8.01. The van der Waals surface area contributed by atoms with Crippen LogP contribution < -0.4 is 0 Å². The van der Waals surface area contributed by atoms with E-state index < -0.39 is 0 Å². The van der Waals surface area contributed by atoms with Crippen LogP contribution in [0.1, 0.15) is 32.6 Å². The highest BCUT2D eigenvalue weighted by molar-refractivity contribution is 5.78. The van der Waals surface area contributed by atoms with Crippen molar-refractivity contribution in [2.45, 2.75) is 32.6 Å². The zero-order valence-electron chi connectivity index (χ0n) is 8.01. The van der Waals surface area contributed by atoms with E-state index in [9.17, 15) is 4.79 Å². The van der Waals surface area contributed by atoms with Crippen molar-refractivity contribution in [3.05, 3.63) is 0 Å². The van der Waals surface area contributed by atoms with E-state index in [1.54, 1.807) is 14.0 Å². The van der Waals surface area contributed by atoms with Crippen LogP contribution in [0.3, 0.4) is 0 Å². The Balaban J connectivity index is 2.48. The second-order valence-electron chi connectivity index (χ2n) is 3.72. The number of hydrogen-bond donors (Lipinski definition) is 0. The zero-order chi connectivity index (χ0) is 8.97. The molecule has 0 amide bonds. The number of carbonyl (C=O) groups is 1. The SMILES string of the molecule is COCC1CCCCC1C(C)=O. The average Bonchev–Trinajstić information content (AvgIpc) is 2.05. The van der Waals surface area contributed by atoms with Crippen LogP contribution in [-0.2, 0) is 9.53 Å². The van der Waals surface area contributed by atoms with Gasteiger partial charge in [-0.1, -0.05) is 12.8 Å². The van der Waals surface area contributed by atoms with Crippen LogP contribution in [0.5, 0.6) is 0 Å². The number of rotatable bonds is 3. The van der Waals surface area contributed by atoms with E-state index in [0.29, 0.717) is 11.7 Å². The van der Waals surface area contributed by atoms with Crippen LogP contribution in [0.4, 0.5) is 0 Å². The van der Waals surface area contributed by atoms with E-state index >= 15 is 0 Å². The van der Waals surface area contributed by atoms with E-state index in [2.05, 4.69) is 0 Å². The van der Waals surface area contributed by atoms with Gasteiger partial charge in [-0.3, -0.25) is 4.79 Å². The molecule has 70 valence electrons.